The summed E-state index contributed by atoms with van der Waals surface area (Å²) in [4.78, 5) is 8.46. The van der Waals surface area contributed by atoms with Crippen LogP contribution < -0.4 is 9.47 Å². The molecule has 5 heteroatoms. The molecule has 2 aromatic rings. The van der Waals surface area contributed by atoms with Crippen molar-refractivity contribution in [3.8, 4) is 22.8 Å². The van der Waals surface area contributed by atoms with Crippen LogP contribution in [0.25, 0.3) is 11.3 Å². The first-order valence-corrected chi connectivity index (χ1v) is 6.95. The zero-order valence-corrected chi connectivity index (χ0v) is 12.1. The Kier molecular flexibility index (Phi) is 3.49. The monoisotopic (exact) mass is 290 g/mol. The Morgan fingerprint density at radius 2 is 1.85 bits per heavy atom. The number of fused-ring (bicyclic) bond motifs is 1. The molecule has 0 spiro atoms. The summed E-state index contributed by atoms with van der Waals surface area (Å²) in [5.41, 5.74) is 2.75. The molecule has 3 rings (SSSR count). The fourth-order valence-electron chi connectivity index (χ4n) is 2.31. The second-order valence-electron chi connectivity index (χ2n) is 4.94. The van der Waals surface area contributed by atoms with Crippen LogP contribution in [0.4, 0.5) is 0 Å². The Bertz CT molecular complexity index is 644. The Hall–Kier alpha value is -1.81. The molecule has 0 unspecified atom stereocenters. The minimum atomic E-state index is 0.243. The topological polar surface area (TPSA) is 44.2 Å². The van der Waals surface area contributed by atoms with Gasteiger partial charge in [-0.25, -0.2) is 9.97 Å². The molecule has 0 aliphatic carbocycles. The van der Waals surface area contributed by atoms with Gasteiger partial charge in [-0.3, -0.25) is 0 Å². The van der Waals surface area contributed by atoms with Gasteiger partial charge in [0.1, 0.15) is 24.7 Å². The van der Waals surface area contributed by atoms with E-state index in [1.807, 2.05) is 18.2 Å². The lowest BCUT2D eigenvalue weighted by molar-refractivity contribution is 0.171. The molecule has 0 amide bonds. The van der Waals surface area contributed by atoms with Gasteiger partial charge >= 0.3 is 0 Å². The van der Waals surface area contributed by atoms with Crippen LogP contribution in [-0.2, 0) is 0 Å². The van der Waals surface area contributed by atoms with Crippen molar-refractivity contribution in [3.63, 3.8) is 0 Å². The van der Waals surface area contributed by atoms with Crippen LogP contribution in [-0.4, -0.2) is 23.2 Å². The fourth-order valence-corrected chi connectivity index (χ4v) is 2.66. The minimum Gasteiger partial charge on any atom is -0.486 e. The second-order valence-corrected chi connectivity index (χ2v) is 5.30. The van der Waals surface area contributed by atoms with Crippen LogP contribution in [0, 0.1) is 0 Å². The number of aromatic nitrogens is 2. The molecule has 20 heavy (non-hydrogen) atoms. The van der Waals surface area contributed by atoms with Gasteiger partial charge in [-0.2, -0.15) is 0 Å². The zero-order valence-electron chi connectivity index (χ0n) is 11.4. The van der Waals surface area contributed by atoms with E-state index in [0.717, 1.165) is 28.3 Å². The van der Waals surface area contributed by atoms with Crippen molar-refractivity contribution in [2.45, 2.75) is 19.8 Å². The molecule has 0 bridgehead atoms. The molecule has 0 saturated carbocycles. The van der Waals surface area contributed by atoms with Crippen LogP contribution in [0.1, 0.15) is 25.3 Å². The van der Waals surface area contributed by atoms with Gasteiger partial charge in [-0.05, 0) is 24.1 Å². The van der Waals surface area contributed by atoms with E-state index in [1.54, 1.807) is 0 Å². The van der Waals surface area contributed by atoms with Crippen molar-refractivity contribution in [1.82, 2.24) is 9.97 Å². The normalized spacial score (nSPS) is 13.6. The average Bonchev–Trinajstić information content (AvgIpc) is 2.46. The molecule has 0 radical (unpaired) electrons. The predicted octanol–water partition coefficient (Wildman–Crippen LogP) is 3.69. The second kappa shape index (κ2) is 5.29. The van der Waals surface area contributed by atoms with Gasteiger partial charge in [-0.15, -0.1) is 0 Å². The van der Waals surface area contributed by atoms with Gasteiger partial charge < -0.3 is 9.47 Å². The summed E-state index contributed by atoms with van der Waals surface area (Å²) >= 11 is 6.21. The standard InChI is InChI=1S/C15H15ClN2O2/c1-9(2)13-14(17-8-18-15(13)16)10-3-4-11-12(7-10)20-6-5-19-11/h3-4,7-9H,5-6H2,1-2H3. The number of ether oxygens (including phenoxy) is 2. The number of benzene rings is 1. The van der Waals surface area contributed by atoms with E-state index in [1.165, 1.54) is 6.33 Å². The van der Waals surface area contributed by atoms with Crippen molar-refractivity contribution in [2.75, 3.05) is 13.2 Å². The molecule has 1 aromatic heterocycles. The van der Waals surface area contributed by atoms with Crippen molar-refractivity contribution >= 4 is 11.6 Å². The van der Waals surface area contributed by atoms with Crippen LogP contribution in [0.15, 0.2) is 24.5 Å². The van der Waals surface area contributed by atoms with Crippen LogP contribution in [0.2, 0.25) is 5.15 Å². The molecular formula is C15H15ClN2O2. The quantitative estimate of drug-likeness (QED) is 0.791. The van der Waals surface area contributed by atoms with Gasteiger partial charge in [0.25, 0.3) is 0 Å². The maximum atomic E-state index is 6.21. The third-order valence-corrected chi connectivity index (χ3v) is 3.53. The third kappa shape index (κ3) is 2.31. The van der Waals surface area contributed by atoms with Crippen LogP contribution in [0.3, 0.4) is 0 Å². The summed E-state index contributed by atoms with van der Waals surface area (Å²) in [6, 6.07) is 5.82. The van der Waals surface area contributed by atoms with Gasteiger partial charge in [0.2, 0.25) is 0 Å². The lowest BCUT2D eigenvalue weighted by atomic mass is 9.98. The van der Waals surface area contributed by atoms with E-state index < -0.39 is 0 Å². The van der Waals surface area contributed by atoms with Crippen LogP contribution in [0.5, 0.6) is 11.5 Å². The molecule has 104 valence electrons. The molecule has 2 heterocycles. The number of hydrogen-bond donors (Lipinski definition) is 0. The maximum absolute atomic E-state index is 6.21. The van der Waals surface area contributed by atoms with Gasteiger partial charge in [0.05, 0.1) is 5.69 Å². The summed E-state index contributed by atoms with van der Waals surface area (Å²) in [6.07, 6.45) is 1.49. The molecule has 1 aromatic carbocycles. The molecule has 0 N–H and O–H groups in total. The molecule has 0 atom stereocenters. The highest BCUT2D eigenvalue weighted by molar-refractivity contribution is 6.30. The van der Waals surface area contributed by atoms with Gasteiger partial charge in [-0.1, -0.05) is 25.4 Å². The molecule has 1 aliphatic rings. The molecule has 0 fully saturated rings. The van der Waals surface area contributed by atoms with Crippen molar-refractivity contribution in [1.29, 1.82) is 0 Å². The Balaban J connectivity index is 2.12. The summed E-state index contributed by atoms with van der Waals surface area (Å²) in [5, 5.41) is 0.500. The third-order valence-electron chi connectivity index (χ3n) is 3.23. The summed E-state index contributed by atoms with van der Waals surface area (Å²) < 4.78 is 11.1. The first kappa shape index (κ1) is 13.2. The first-order chi connectivity index (χ1) is 9.66. The number of nitrogens with zero attached hydrogens (tertiary/aromatic N) is 2. The summed E-state index contributed by atoms with van der Waals surface area (Å²) in [6.45, 7) is 5.30. The van der Waals surface area contributed by atoms with Crippen molar-refractivity contribution in [2.24, 2.45) is 0 Å². The van der Waals surface area contributed by atoms with Crippen molar-refractivity contribution < 1.29 is 9.47 Å². The van der Waals surface area contributed by atoms with E-state index in [2.05, 4.69) is 23.8 Å². The average molecular weight is 291 g/mol. The highest BCUT2D eigenvalue weighted by Gasteiger charge is 2.18. The molecular weight excluding hydrogens is 276 g/mol. The fraction of sp³-hybridized carbons (Fsp3) is 0.333. The largest absolute Gasteiger partial charge is 0.486 e. The zero-order chi connectivity index (χ0) is 14.1. The Morgan fingerprint density at radius 3 is 2.60 bits per heavy atom. The van der Waals surface area contributed by atoms with E-state index >= 15 is 0 Å². The van der Waals surface area contributed by atoms with Gasteiger partial charge in [0.15, 0.2) is 11.5 Å². The van der Waals surface area contributed by atoms with E-state index in [9.17, 15) is 0 Å². The predicted molar refractivity (Wildman–Crippen MR) is 77.6 cm³/mol. The molecule has 0 saturated heterocycles. The molecule has 4 nitrogen and oxygen atoms in total. The minimum absolute atomic E-state index is 0.243. The van der Waals surface area contributed by atoms with E-state index in [0.29, 0.717) is 18.4 Å². The number of halogens is 1. The van der Waals surface area contributed by atoms with E-state index in [4.69, 9.17) is 21.1 Å². The van der Waals surface area contributed by atoms with Crippen molar-refractivity contribution in [3.05, 3.63) is 35.2 Å². The lowest BCUT2D eigenvalue weighted by Crippen LogP contribution is -2.15. The number of rotatable bonds is 2. The summed E-state index contributed by atoms with van der Waals surface area (Å²) in [7, 11) is 0. The SMILES string of the molecule is CC(C)c1c(Cl)ncnc1-c1ccc2c(c1)OCCO2. The smallest absolute Gasteiger partial charge is 0.162 e. The maximum Gasteiger partial charge on any atom is 0.162 e. The van der Waals surface area contributed by atoms with Crippen LogP contribution >= 0.6 is 11.6 Å². The first-order valence-electron chi connectivity index (χ1n) is 6.57. The Morgan fingerprint density at radius 1 is 1.10 bits per heavy atom. The highest BCUT2D eigenvalue weighted by atomic mass is 35.5. The number of hydrogen-bond acceptors (Lipinski definition) is 4. The molecule has 1 aliphatic heterocycles. The lowest BCUT2D eigenvalue weighted by Gasteiger charge is -2.19. The summed E-state index contributed by atoms with van der Waals surface area (Å²) in [5.74, 6) is 1.76. The van der Waals surface area contributed by atoms with E-state index in [-0.39, 0.29) is 5.92 Å². The Labute approximate surface area is 122 Å². The highest BCUT2D eigenvalue weighted by Crippen LogP contribution is 2.37. The van der Waals surface area contributed by atoms with Gasteiger partial charge in [0, 0.05) is 11.1 Å².